The first-order chi connectivity index (χ1) is 8.19. The van der Waals surface area contributed by atoms with Crippen molar-refractivity contribution in [2.24, 2.45) is 0 Å². The zero-order valence-electron chi connectivity index (χ0n) is 9.97. The molecular weight excluding hydrogens is 218 g/mol. The average molecular weight is 233 g/mol. The SMILES string of the molecule is CCOC(=O)C(C)Oc1ccccc1CC#N. The number of para-hydroxylation sites is 1. The topological polar surface area (TPSA) is 59.3 Å². The second-order valence-corrected chi connectivity index (χ2v) is 3.45. The Morgan fingerprint density at radius 3 is 2.82 bits per heavy atom. The lowest BCUT2D eigenvalue weighted by molar-refractivity contribution is -0.150. The summed E-state index contributed by atoms with van der Waals surface area (Å²) in [6, 6.07) is 9.22. The fourth-order valence-corrected chi connectivity index (χ4v) is 1.35. The fraction of sp³-hybridized carbons (Fsp3) is 0.385. The normalized spacial score (nSPS) is 11.4. The van der Waals surface area contributed by atoms with Crippen molar-refractivity contribution in [1.29, 1.82) is 5.26 Å². The van der Waals surface area contributed by atoms with E-state index in [-0.39, 0.29) is 6.42 Å². The second-order valence-electron chi connectivity index (χ2n) is 3.45. The first kappa shape index (κ1) is 13.0. The van der Waals surface area contributed by atoms with Gasteiger partial charge in [0.15, 0.2) is 6.10 Å². The Morgan fingerprint density at radius 2 is 2.18 bits per heavy atom. The van der Waals surface area contributed by atoms with Crippen LogP contribution in [-0.2, 0) is 16.0 Å². The smallest absolute Gasteiger partial charge is 0.347 e. The Balaban J connectivity index is 2.74. The van der Waals surface area contributed by atoms with E-state index in [2.05, 4.69) is 6.07 Å². The highest BCUT2D eigenvalue weighted by Crippen LogP contribution is 2.19. The average Bonchev–Trinajstić information content (AvgIpc) is 2.32. The van der Waals surface area contributed by atoms with Crippen LogP contribution in [0.2, 0.25) is 0 Å². The number of rotatable bonds is 5. The summed E-state index contributed by atoms with van der Waals surface area (Å²) in [6.45, 7) is 3.70. The molecule has 0 aliphatic rings. The molecule has 1 rings (SSSR count). The molecule has 0 aliphatic heterocycles. The highest BCUT2D eigenvalue weighted by Gasteiger charge is 2.16. The number of benzene rings is 1. The number of nitriles is 1. The molecule has 0 fully saturated rings. The van der Waals surface area contributed by atoms with Gasteiger partial charge in [0.1, 0.15) is 5.75 Å². The van der Waals surface area contributed by atoms with Gasteiger partial charge in [-0.3, -0.25) is 0 Å². The van der Waals surface area contributed by atoms with E-state index in [1.807, 2.05) is 6.07 Å². The largest absolute Gasteiger partial charge is 0.479 e. The van der Waals surface area contributed by atoms with Crippen molar-refractivity contribution in [3.8, 4) is 11.8 Å². The highest BCUT2D eigenvalue weighted by molar-refractivity contribution is 5.74. The fourth-order valence-electron chi connectivity index (χ4n) is 1.35. The molecule has 0 radical (unpaired) electrons. The van der Waals surface area contributed by atoms with Gasteiger partial charge in [-0.25, -0.2) is 4.79 Å². The van der Waals surface area contributed by atoms with E-state index in [4.69, 9.17) is 14.7 Å². The third-order valence-corrected chi connectivity index (χ3v) is 2.16. The maximum absolute atomic E-state index is 11.4. The Labute approximate surface area is 101 Å². The molecule has 0 heterocycles. The van der Waals surface area contributed by atoms with Crippen molar-refractivity contribution < 1.29 is 14.3 Å². The third-order valence-electron chi connectivity index (χ3n) is 2.16. The Bertz CT molecular complexity index is 423. The summed E-state index contributed by atoms with van der Waals surface area (Å²) in [7, 11) is 0. The summed E-state index contributed by atoms with van der Waals surface area (Å²) in [4.78, 5) is 11.4. The van der Waals surface area contributed by atoms with Crippen molar-refractivity contribution in [3.05, 3.63) is 29.8 Å². The molecule has 0 spiro atoms. The summed E-state index contributed by atoms with van der Waals surface area (Å²) in [5, 5.41) is 8.67. The monoisotopic (exact) mass is 233 g/mol. The van der Waals surface area contributed by atoms with Crippen LogP contribution in [0.15, 0.2) is 24.3 Å². The lowest BCUT2D eigenvalue weighted by Crippen LogP contribution is -2.26. The second kappa shape index (κ2) is 6.54. The zero-order valence-corrected chi connectivity index (χ0v) is 9.97. The maximum Gasteiger partial charge on any atom is 0.347 e. The lowest BCUT2D eigenvalue weighted by atomic mass is 10.1. The molecule has 0 bridgehead atoms. The molecule has 0 amide bonds. The van der Waals surface area contributed by atoms with Gasteiger partial charge >= 0.3 is 5.97 Å². The highest BCUT2D eigenvalue weighted by atomic mass is 16.6. The van der Waals surface area contributed by atoms with Crippen LogP contribution < -0.4 is 4.74 Å². The molecule has 1 unspecified atom stereocenters. The van der Waals surface area contributed by atoms with E-state index in [1.165, 1.54) is 0 Å². The van der Waals surface area contributed by atoms with Gasteiger partial charge in [0, 0.05) is 5.56 Å². The van der Waals surface area contributed by atoms with Crippen molar-refractivity contribution in [1.82, 2.24) is 0 Å². The van der Waals surface area contributed by atoms with Gasteiger partial charge in [-0.15, -0.1) is 0 Å². The molecular formula is C13H15NO3. The number of ether oxygens (including phenoxy) is 2. The third kappa shape index (κ3) is 3.80. The summed E-state index contributed by atoms with van der Waals surface area (Å²) >= 11 is 0. The van der Waals surface area contributed by atoms with Gasteiger partial charge in [-0.1, -0.05) is 18.2 Å². The number of hydrogen-bond donors (Lipinski definition) is 0. The van der Waals surface area contributed by atoms with Crippen LogP contribution in [0.25, 0.3) is 0 Å². The van der Waals surface area contributed by atoms with Crippen molar-refractivity contribution >= 4 is 5.97 Å². The molecule has 4 nitrogen and oxygen atoms in total. The van der Waals surface area contributed by atoms with Crippen LogP contribution in [0.3, 0.4) is 0 Å². The predicted octanol–water partition coefficient (Wildman–Crippen LogP) is 2.08. The van der Waals surface area contributed by atoms with E-state index >= 15 is 0 Å². The van der Waals surface area contributed by atoms with E-state index in [0.717, 1.165) is 5.56 Å². The minimum absolute atomic E-state index is 0.256. The molecule has 90 valence electrons. The van der Waals surface area contributed by atoms with Crippen molar-refractivity contribution in [3.63, 3.8) is 0 Å². The summed E-state index contributed by atoms with van der Waals surface area (Å²) in [5.41, 5.74) is 0.770. The number of nitrogens with zero attached hydrogens (tertiary/aromatic N) is 1. The van der Waals surface area contributed by atoms with Crippen LogP contribution in [0.1, 0.15) is 19.4 Å². The van der Waals surface area contributed by atoms with Crippen molar-refractivity contribution in [2.75, 3.05) is 6.61 Å². The van der Waals surface area contributed by atoms with Gasteiger partial charge in [0.05, 0.1) is 19.1 Å². The van der Waals surface area contributed by atoms with E-state index in [9.17, 15) is 4.79 Å². The standard InChI is InChI=1S/C13H15NO3/c1-3-16-13(15)10(2)17-12-7-5-4-6-11(12)8-9-14/h4-7,10H,3,8H2,1-2H3. The lowest BCUT2D eigenvalue weighted by Gasteiger charge is -2.15. The molecule has 4 heteroatoms. The van der Waals surface area contributed by atoms with Gasteiger partial charge in [-0.2, -0.15) is 5.26 Å². The summed E-state index contributed by atoms with van der Waals surface area (Å²) in [6.07, 6.45) is -0.416. The maximum atomic E-state index is 11.4. The van der Waals surface area contributed by atoms with E-state index in [0.29, 0.717) is 12.4 Å². The number of carbonyl (C=O) groups excluding carboxylic acids is 1. The van der Waals surface area contributed by atoms with Crippen LogP contribution in [0.5, 0.6) is 5.75 Å². The zero-order chi connectivity index (χ0) is 12.7. The first-order valence-electron chi connectivity index (χ1n) is 5.47. The predicted molar refractivity (Wildman–Crippen MR) is 62.5 cm³/mol. The number of esters is 1. The molecule has 0 N–H and O–H groups in total. The molecule has 0 saturated carbocycles. The minimum atomic E-state index is -0.671. The Hall–Kier alpha value is -2.02. The quantitative estimate of drug-likeness (QED) is 0.730. The molecule has 0 aromatic heterocycles. The molecule has 1 atom stereocenters. The summed E-state index contributed by atoms with van der Waals surface area (Å²) < 4.78 is 10.3. The van der Waals surface area contributed by atoms with Crippen LogP contribution >= 0.6 is 0 Å². The number of carbonyl (C=O) groups is 1. The van der Waals surface area contributed by atoms with Gasteiger partial charge < -0.3 is 9.47 Å². The molecule has 0 aliphatic carbocycles. The van der Waals surface area contributed by atoms with E-state index in [1.54, 1.807) is 32.0 Å². The minimum Gasteiger partial charge on any atom is -0.479 e. The molecule has 0 saturated heterocycles. The summed E-state index contributed by atoms with van der Waals surface area (Å²) in [5.74, 6) is 0.147. The molecule has 17 heavy (non-hydrogen) atoms. The van der Waals surface area contributed by atoms with Crippen LogP contribution in [0, 0.1) is 11.3 Å². The van der Waals surface area contributed by atoms with Gasteiger partial charge in [-0.05, 0) is 19.9 Å². The number of hydrogen-bond acceptors (Lipinski definition) is 4. The van der Waals surface area contributed by atoms with Crippen LogP contribution in [-0.4, -0.2) is 18.7 Å². The van der Waals surface area contributed by atoms with Gasteiger partial charge in [0.25, 0.3) is 0 Å². The Kier molecular flexibility index (Phi) is 5.02. The van der Waals surface area contributed by atoms with E-state index < -0.39 is 12.1 Å². The van der Waals surface area contributed by atoms with Crippen molar-refractivity contribution in [2.45, 2.75) is 26.4 Å². The molecule has 1 aromatic carbocycles. The van der Waals surface area contributed by atoms with Crippen LogP contribution in [0.4, 0.5) is 0 Å². The van der Waals surface area contributed by atoms with Gasteiger partial charge in [0.2, 0.25) is 0 Å². The molecule has 1 aromatic rings. The Morgan fingerprint density at radius 1 is 1.47 bits per heavy atom. The first-order valence-corrected chi connectivity index (χ1v) is 5.47.